The molecule has 7 heteroatoms. The maximum absolute atomic E-state index is 13.0. The molecule has 1 atom stereocenters. The van der Waals surface area contributed by atoms with E-state index >= 15 is 0 Å². The second-order valence-electron chi connectivity index (χ2n) is 8.69. The van der Waals surface area contributed by atoms with Crippen molar-refractivity contribution in [3.05, 3.63) is 91.0 Å². The van der Waals surface area contributed by atoms with E-state index in [0.717, 1.165) is 59.4 Å². The summed E-state index contributed by atoms with van der Waals surface area (Å²) in [5.74, 6) is 2.90. The lowest BCUT2D eigenvalue weighted by Crippen LogP contribution is -2.41. The fourth-order valence-electron chi connectivity index (χ4n) is 4.37. The van der Waals surface area contributed by atoms with Crippen LogP contribution in [0.3, 0.4) is 0 Å². The van der Waals surface area contributed by atoms with E-state index in [-0.39, 0.29) is 11.8 Å². The van der Waals surface area contributed by atoms with Crippen LogP contribution in [0.2, 0.25) is 0 Å². The number of ether oxygens (including phenoxy) is 2. The highest BCUT2D eigenvalue weighted by atomic mass is 16.5. The number of nitrogens with zero attached hydrogens (tertiary/aromatic N) is 3. The molecular weight excluding hydrogens is 452 g/mol. The molecule has 1 saturated heterocycles. The summed E-state index contributed by atoms with van der Waals surface area (Å²) in [5.41, 5.74) is 2.40. The molecule has 5 rings (SSSR count). The van der Waals surface area contributed by atoms with Crippen molar-refractivity contribution in [2.24, 2.45) is 5.92 Å². The van der Waals surface area contributed by atoms with Gasteiger partial charge >= 0.3 is 0 Å². The number of carbonyl (C=O) groups excluding carboxylic acids is 1. The third-order valence-corrected chi connectivity index (χ3v) is 6.25. The molecule has 0 radical (unpaired) electrons. The predicted octanol–water partition coefficient (Wildman–Crippen LogP) is 5.80. The minimum absolute atomic E-state index is 0.00929. The molecule has 1 aliphatic rings. The van der Waals surface area contributed by atoms with Crippen molar-refractivity contribution in [1.29, 1.82) is 0 Å². The molecule has 1 fully saturated rings. The quantitative estimate of drug-likeness (QED) is 0.360. The van der Waals surface area contributed by atoms with Gasteiger partial charge in [-0.05, 0) is 73.5 Å². The highest BCUT2D eigenvalue weighted by Crippen LogP contribution is 2.29. The average Bonchev–Trinajstić information content (AvgIpc) is 2.95. The van der Waals surface area contributed by atoms with Gasteiger partial charge in [0.1, 0.15) is 17.2 Å². The summed E-state index contributed by atoms with van der Waals surface area (Å²) in [6.45, 7) is 1.45. The van der Waals surface area contributed by atoms with Crippen molar-refractivity contribution < 1.29 is 14.3 Å². The number of methoxy groups -OCH3 is 1. The molecule has 0 saturated carbocycles. The van der Waals surface area contributed by atoms with Gasteiger partial charge in [-0.25, -0.2) is 0 Å². The number of rotatable bonds is 7. The summed E-state index contributed by atoms with van der Waals surface area (Å²) in [7, 11) is 1.65. The van der Waals surface area contributed by atoms with Crippen LogP contribution in [0.15, 0.2) is 91.0 Å². The van der Waals surface area contributed by atoms with Gasteiger partial charge in [0.05, 0.1) is 18.7 Å². The van der Waals surface area contributed by atoms with E-state index in [9.17, 15) is 4.79 Å². The molecule has 0 bridgehead atoms. The van der Waals surface area contributed by atoms with Gasteiger partial charge in [-0.1, -0.05) is 30.3 Å². The Morgan fingerprint density at radius 2 is 1.64 bits per heavy atom. The number of aromatic nitrogens is 2. The highest BCUT2D eigenvalue weighted by molar-refractivity contribution is 5.93. The van der Waals surface area contributed by atoms with Crippen molar-refractivity contribution in [2.45, 2.75) is 12.8 Å². The Morgan fingerprint density at radius 3 is 2.39 bits per heavy atom. The van der Waals surface area contributed by atoms with Crippen LogP contribution in [0, 0.1) is 5.92 Å². The van der Waals surface area contributed by atoms with Crippen molar-refractivity contribution in [1.82, 2.24) is 10.2 Å². The van der Waals surface area contributed by atoms with Gasteiger partial charge in [0.2, 0.25) is 5.91 Å². The molecule has 4 aromatic rings. The van der Waals surface area contributed by atoms with Gasteiger partial charge in [-0.2, -0.15) is 0 Å². The van der Waals surface area contributed by atoms with E-state index in [1.54, 1.807) is 7.11 Å². The van der Waals surface area contributed by atoms with Crippen molar-refractivity contribution in [2.75, 3.05) is 30.4 Å². The van der Waals surface area contributed by atoms with Crippen LogP contribution >= 0.6 is 0 Å². The number of hydrogen-bond donors (Lipinski definition) is 1. The number of carbonyl (C=O) groups is 1. The van der Waals surface area contributed by atoms with Crippen LogP contribution in [-0.2, 0) is 4.79 Å². The Kier molecular flexibility index (Phi) is 7.07. The Hall–Kier alpha value is -4.39. The Labute approximate surface area is 210 Å². The molecule has 3 aromatic carbocycles. The van der Waals surface area contributed by atoms with E-state index in [4.69, 9.17) is 9.47 Å². The van der Waals surface area contributed by atoms with Crippen molar-refractivity contribution in [3.8, 4) is 28.5 Å². The van der Waals surface area contributed by atoms with Crippen molar-refractivity contribution >= 4 is 17.4 Å². The average molecular weight is 481 g/mol. The summed E-state index contributed by atoms with van der Waals surface area (Å²) >= 11 is 0. The summed E-state index contributed by atoms with van der Waals surface area (Å²) in [6.07, 6.45) is 1.75. The summed E-state index contributed by atoms with van der Waals surface area (Å²) in [5, 5.41) is 11.9. The van der Waals surface area contributed by atoms with Crippen LogP contribution < -0.4 is 19.7 Å². The maximum Gasteiger partial charge on any atom is 0.229 e. The number of benzene rings is 3. The minimum Gasteiger partial charge on any atom is -0.496 e. The number of hydrogen-bond acceptors (Lipinski definition) is 6. The molecule has 0 spiro atoms. The highest BCUT2D eigenvalue weighted by Gasteiger charge is 2.27. The topological polar surface area (TPSA) is 76.6 Å². The van der Waals surface area contributed by atoms with Gasteiger partial charge in [-0.15, -0.1) is 10.2 Å². The first kappa shape index (κ1) is 23.4. The molecule has 1 aliphatic heterocycles. The monoisotopic (exact) mass is 480 g/mol. The number of amides is 1. The largest absolute Gasteiger partial charge is 0.496 e. The Balaban J connectivity index is 1.20. The molecule has 1 N–H and O–H groups in total. The Morgan fingerprint density at radius 1 is 0.889 bits per heavy atom. The first-order valence-electron chi connectivity index (χ1n) is 12.1. The molecule has 1 amide bonds. The first-order valence-corrected chi connectivity index (χ1v) is 12.1. The van der Waals surface area contributed by atoms with Crippen LogP contribution in [0.25, 0.3) is 11.3 Å². The van der Waals surface area contributed by atoms with Gasteiger partial charge in [0.15, 0.2) is 5.82 Å². The summed E-state index contributed by atoms with van der Waals surface area (Å²) in [6, 6.07) is 28.7. The molecule has 7 nitrogen and oxygen atoms in total. The van der Waals surface area contributed by atoms with Gasteiger partial charge in [0, 0.05) is 24.3 Å². The van der Waals surface area contributed by atoms with Gasteiger partial charge in [0.25, 0.3) is 0 Å². The standard InChI is InChI=1S/C29H28N4O3/c1-35-27-12-6-5-11-25(27)26-17-18-28(32-31-26)33-19-7-8-21(20-33)29(34)30-22-13-15-24(16-14-22)36-23-9-3-2-4-10-23/h2-6,9-18,21H,7-8,19-20H2,1H3,(H,30,34). The second-order valence-corrected chi connectivity index (χ2v) is 8.69. The number of para-hydroxylation sites is 2. The number of nitrogens with one attached hydrogen (secondary N) is 1. The normalized spacial score (nSPS) is 15.2. The minimum atomic E-state index is -0.130. The first-order chi connectivity index (χ1) is 17.7. The maximum atomic E-state index is 13.0. The third kappa shape index (κ3) is 5.46. The molecular formula is C29H28N4O3. The predicted molar refractivity (Wildman–Crippen MR) is 141 cm³/mol. The fraction of sp³-hybridized carbons (Fsp3) is 0.207. The molecule has 0 aliphatic carbocycles. The summed E-state index contributed by atoms with van der Waals surface area (Å²) < 4.78 is 11.3. The second kappa shape index (κ2) is 10.9. The van der Waals surface area contributed by atoms with Crippen LogP contribution in [-0.4, -0.2) is 36.3 Å². The molecule has 182 valence electrons. The lowest BCUT2D eigenvalue weighted by atomic mass is 9.97. The molecule has 1 aromatic heterocycles. The zero-order valence-electron chi connectivity index (χ0n) is 20.1. The van der Waals surface area contributed by atoms with Crippen LogP contribution in [0.5, 0.6) is 17.2 Å². The van der Waals surface area contributed by atoms with E-state index in [0.29, 0.717) is 6.54 Å². The zero-order valence-corrected chi connectivity index (χ0v) is 20.1. The van der Waals surface area contributed by atoms with E-state index < -0.39 is 0 Å². The number of anilines is 2. The Bertz CT molecular complexity index is 1290. The van der Waals surface area contributed by atoms with E-state index in [1.165, 1.54) is 0 Å². The smallest absolute Gasteiger partial charge is 0.229 e. The number of piperidine rings is 1. The SMILES string of the molecule is COc1ccccc1-c1ccc(N2CCCC(C(=O)Nc3ccc(Oc4ccccc4)cc3)C2)nn1. The van der Waals surface area contributed by atoms with Crippen molar-refractivity contribution in [3.63, 3.8) is 0 Å². The fourth-order valence-corrected chi connectivity index (χ4v) is 4.37. The van der Waals surface area contributed by atoms with Crippen LogP contribution in [0.1, 0.15) is 12.8 Å². The van der Waals surface area contributed by atoms with Crippen LogP contribution in [0.4, 0.5) is 11.5 Å². The lowest BCUT2D eigenvalue weighted by molar-refractivity contribution is -0.120. The molecule has 1 unspecified atom stereocenters. The zero-order chi connectivity index (χ0) is 24.7. The molecule has 36 heavy (non-hydrogen) atoms. The lowest BCUT2D eigenvalue weighted by Gasteiger charge is -2.32. The summed E-state index contributed by atoms with van der Waals surface area (Å²) in [4.78, 5) is 15.1. The van der Waals surface area contributed by atoms with E-state index in [2.05, 4.69) is 20.4 Å². The molecule has 2 heterocycles. The van der Waals surface area contributed by atoms with Gasteiger partial charge in [-0.3, -0.25) is 4.79 Å². The van der Waals surface area contributed by atoms with Gasteiger partial charge < -0.3 is 19.7 Å². The third-order valence-electron chi connectivity index (χ3n) is 6.25. The van der Waals surface area contributed by atoms with E-state index in [1.807, 2.05) is 91.0 Å².